The minimum atomic E-state index is -0.384. The summed E-state index contributed by atoms with van der Waals surface area (Å²) >= 11 is 0. The minimum Gasteiger partial charge on any atom is -0.467 e. The standard InChI is InChI=1S/C18H23FN4O2.HI/c1-3-20-18(23-12-15-5-4-10-25-15)22-9-8-21-17(24)14-7-6-13(2)16(19)11-14;/h4-7,10-11H,3,8-9,12H2,1-2H3,(H,21,24)(H2,20,22,23);1H. The summed E-state index contributed by atoms with van der Waals surface area (Å²) in [6, 6.07) is 8.11. The molecule has 0 atom stereocenters. The summed E-state index contributed by atoms with van der Waals surface area (Å²) in [5.41, 5.74) is 0.822. The number of guanidine groups is 1. The van der Waals surface area contributed by atoms with Gasteiger partial charge in [0.2, 0.25) is 0 Å². The molecule has 0 radical (unpaired) electrons. The SMILES string of the molecule is CCNC(=NCc1ccco1)NCCNC(=O)c1ccc(C)c(F)c1.I. The Morgan fingerprint density at radius 2 is 1.96 bits per heavy atom. The molecule has 142 valence electrons. The van der Waals surface area contributed by atoms with Crippen LogP contribution in [0.4, 0.5) is 4.39 Å². The molecule has 6 nitrogen and oxygen atoms in total. The molecule has 0 saturated carbocycles. The van der Waals surface area contributed by atoms with E-state index in [0.717, 1.165) is 12.3 Å². The fraction of sp³-hybridized carbons (Fsp3) is 0.333. The van der Waals surface area contributed by atoms with Gasteiger partial charge in [0.05, 0.1) is 6.26 Å². The number of nitrogens with zero attached hydrogens (tertiary/aromatic N) is 1. The zero-order chi connectivity index (χ0) is 18.1. The number of rotatable bonds is 7. The van der Waals surface area contributed by atoms with Gasteiger partial charge in [-0.3, -0.25) is 4.79 Å². The molecule has 0 aliphatic heterocycles. The summed E-state index contributed by atoms with van der Waals surface area (Å²) in [4.78, 5) is 16.4. The van der Waals surface area contributed by atoms with Crippen LogP contribution in [-0.4, -0.2) is 31.5 Å². The second-order valence-electron chi connectivity index (χ2n) is 5.42. The van der Waals surface area contributed by atoms with Gasteiger partial charge in [-0.15, -0.1) is 24.0 Å². The van der Waals surface area contributed by atoms with Crippen LogP contribution in [0.5, 0.6) is 0 Å². The van der Waals surface area contributed by atoms with Crippen molar-refractivity contribution in [3.05, 3.63) is 59.3 Å². The van der Waals surface area contributed by atoms with E-state index in [1.165, 1.54) is 6.07 Å². The van der Waals surface area contributed by atoms with Crippen LogP contribution in [0.3, 0.4) is 0 Å². The van der Waals surface area contributed by atoms with E-state index in [2.05, 4.69) is 20.9 Å². The lowest BCUT2D eigenvalue weighted by atomic mass is 10.1. The Labute approximate surface area is 169 Å². The number of hydrogen-bond acceptors (Lipinski definition) is 3. The van der Waals surface area contributed by atoms with Gasteiger partial charge in [-0.1, -0.05) is 6.07 Å². The zero-order valence-corrected chi connectivity index (χ0v) is 17.2. The third-order valence-electron chi connectivity index (χ3n) is 3.45. The molecule has 3 N–H and O–H groups in total. The highest BCUT2D eigenvalue weighted by Gasteiger charge is 2.07. The van der Waals surface area contributed by atoms with Crippen molar-refractivity contribution in [3.8, 4) is 0 Å². The first-order chi connectivity index (χ1) is 12.1. The summed E-state index contributed by atoms with van der Waals surface area (Å²) in [5, 5.41) is 8.98. The third kappa shape index (κ3) is 7.03. The molecule has 1 amide bonds. The number of benzene rings is 1. The number of aliphatic imine (C=N–C) groups is 1. The molecule has 8 heteroatoms. The summed E-state index contributed by atoms with van der Waals surface area (Å²) in [6.07, 6.45) is 1.61. The Bertz CT molecular complexity index is 720. The lowest BCUT2D eigenvalue weighted by Gasteiger charge is -2.11. The lowest BCUT2D eigenvalue weighted by molar-refractivity contribution is 0.0954. The minimum absolute atomic E-state index is 0. The fourth-order valence-electron chi connectivity index (χ4n) is 2.09. The summed E-state index contributed by atoms with van der Waals surface area (Å²) < 4.78 is 18.7. The number of amides is 1. The molecule has 0 bridgehead atoms. The number of nitrogens with one attached hydrogen (secondary N) is 3. The maximum Gasteiger partial charge on any atom is 0.251 e. The molecule has 1 aromatic heterocycles. The first kappa shape index (κ1) is 21.9. The van der Waals surface area contributed by atoms with Crippen molar-refractivity contribution in [2.45, 2.75) is 20.4 Å². The molecule has 0 unspecified atom stereocenters. The fourth-order valence-corrected chi connectivity index (χ4v) is 2.09. The summed E-state index contributed by atoms with van der Waals surface area (Å²) in [7, 11) is 0. The van der Waals surface area contributed by atoms with Gasteiger partial charge in [-0.25, -0.2) is 9.38 Å². The Hall–Kier alpha value is -2.10. The highest BCUT2D eigenvalue weighted by atomic mass is 127. The predicted octanol–water partition coefficient (Wildman–Crippen LogP) is 2.83. The molecule has 0 fully saturated rings. The van der Waals surface area contributed by atoms with Gasteiger partial charge >= 0.3 is 0 Å². The van der Waals surface area contributed by atoms with Crippen molar-refractivity contribution in [1.29, 1.82) is 0 Å². The number of carbonyl (C=O) groups is 1. The number of aryl methyl sites for hydroxylation is 1. The molecular weight excluding hydrogens is 450 g/mol. The van der Waals surface area contributed by atoms with Gasteiger partial charge < -0.3 is 20.4 Å². The van der Waals surface area contributed by atoms with E-state index in [1.807, 2.05) is 19.1 Å². The molecule has 0 spiro atoms. The molecule has 0 aliphatic carbocycles. The molecule has 2 aromatic rings. The molecular formula is C18H24FIN4O2. The van der Waals surface area contributed by atoms with Gasteiger partial charge in [0, 0.05) is 25.2 Å². The van der Waals surface area contributed by atoms with Crippen molar-refractivity contribution in [2.75, 3.05) is 19.6 Å². The van der Waals surface area contributed by atoms with Crippen molar-refractivity contribution >= 4 is 35.8 Å². The Kier molecular flexibility index (Phi) is 9.71. The largest absolute Gasteiger partial charge is 0.467 e. The summed E-state index contributed by atoms with van der Waals surface area (Å²) in [5.74, 6) is 0.713. The predicted molar refractivity (Wildman–Crippen MR) is 110 cm³/mol. The smallest absolute Gasteiger partial charge is 0.251 e. The highest BCUT2D eigenvalue weighted by molar-refractivity contribution is 14.0. The highest BCUT2D eigenvalue weighted by Crippen LogP contribution is 2.08. The van der Waals surface area contributed by atoms with Gasteiger partial charge in [0.15, 0.2) is 5.96 Å². The van der Waals surface area contributed by atoms with E-state index in [1.54, 1.807) is 25.3 Å². The number of carbonyl (C=O) groups excluding carboxylic acids is 1. The van der Waals surface area contributed by atoms with Gasteiger partial charge in [-0.05, 0) is 43.7 Å². The van der Waals surface area contributed by atoms with E-state index in [9.17, 15) is 9.18 Å². The van der Waals surface area contributed by atoms with Crippen LogP contribution in [-0.2, 0) is 6.54 Å². The Morgan fingerprint density at radius 3 is 2.62 bits per heavy atom. The number of halogens is 2. The average Bonchev–Trinajstić information content (AvgIpc) is 3.12. The van der Waals surface area contributed by atoms with Crippen molar-refractivity contribution in [3.63, 3.8) is 0 Å². The van der Waals surface area contributed by atoms with E-state index in [-0.39, 0.29) is 35.7 Å². The van der Waals surface area contributed by atoms with Crippen LogP contribution in [0.15, 0.2) is 46.0 Å². The van der Waals surface area contributed by atoms with Crippen LogP contribution < -0.4 is 16.0 Å². The van der Waals surface area contributed by atoms with Gasteiger partial charge in [-0.2, -0.15) is 0 Å². The second-order valence-corrected chi connectivity index (χ2v) is 5.42. The average molecular weight is 474 g/mol. The molecule has 2 rings (SSSR count). The Morgan fingerprint density at radius 1 is 1.19 bits per heavy atom. The molecule has 0 aliphatic rings. The van der Waals surface area contributed by atoms with Crippen molar-refractivity contribution in [2.24, 2.45) is 4.99 Å². The van der Waals surface area contributed by atoms with Crippen molar-refractivity contribution in [1.82, 2.24) is 16.0 Å². The number of furan rings is 1. The van der Waals surface area contributed by atoms with Crippen LogP contribution in [0.25, 0.3) is 0 Å². The Balaban J connectivity index is 0.00000338. The maximum absolute atomic E-state index is 13.5. The zero-order valence-electron chi connectivity index (χ0n) is 14.8. The van der Waals surface area contributed by atoms with Gasteiger partial charge in [0.1, 0.15) is 18.1 Å². The summed E-state index contributed by atoms with van der Waals surface area (Å²) in [6.45, 7) is 5.66. The third-order valence-corrected chi connectivity index (χ3v) is 3.45. The van der Waals surface area contributed by atoms with Crippen LogP contribution >= 0.6 is 24.0 Å². The quantitative estimate of drug-likeness (QED) is 0.250. The van der Waals surface area contributed by atoms with E-state index in [4.69, 9.17) is 4.42 Å². The van der Waals surface area contributed by atoms with E-state index in [0.29, 0.717) is 36.7 Å². The monoisotopic (exact) mass is 474 g/mol. The lowest BCUT2D eigenvalue weighted by Crippen LogP contribution is -2.41. The van der Waals surface area contributed by atoms with Crippen molar-refractivity contribution < 1.29 is 13.6 Å². The van der Waals surface area contributed by atoms with Crippen LogP contribution in [0.2, 0.25) is 0 Å². The van der Waals surface area contributed by atoms with E-state index >= 15 is 0 Å². The van der Waals surface area contributed by atoms with Crippen LogP contribution in [0.1, 0.15) is 28.6 Å². The molecule has 0 saturated heterocycles. The normalized spacial score (nSPS) is 10.8. The van der Waals surface area contributed by atoms with Crippen LogP contribution in [0, 0.1) is 12.7 Å². The topological polar surface area (TPSA) is 78.7 Å². The first-order valence-corrected chi connectivity index (χ1v) is 8.19. The first-order valence-electron chi connectivity index (χ1n) is 8.19. The second kappa shape index (κ2) is 11.5. The molecule has 26 heavy (non-hydrogen) atoms. The van der Waals surface area contributed by atoms with E-state index < -0.39 is 0 Å². The maximum atomic E-state index is 13.5. The molecule has 1 aromatic carbocycles. The van der Waals surface area contributed by atoms with Gasteiger partial charge in [0.25, 0.3) is 5.91 Å². The number of hydrogen-bond donors (Lipinski definition) is 3. The molecule has 1 heterocycles.